The number of aryl methyl sites for hydroxylation is 1. The van der Waals surface area contributed by atoms with Crippen LogP contribution in [0.3, 0.4) is 0 Å². The first kappa shape index (κ1) is 17.9. The SMILES string of the molecule is Cc1nccn1-c1ccc(NC(=O)C=Cc2ccc(F)cc2[N+](=O)[O-])cn1. The lowest BCUT2D eigenvalue weighted by Crippen LogP contribution is -2.08. The number of pyridine rings is 1. The molecule has 0 bridgehead atoms. The normalized spacial score (nSPS) is 10.9. The van der Waals surface area contributed by atoms with Crippen LogP contribution in [-0.4, -0.2) is 25.4 Å². The summed E-state index contributed by atoms with van der Waals surface area (Å²) in [5.74, 6) is 0.216. The summed E-state index contributed by atoms with van der Waals surface area (Å²) < 4.78 is 14.9. The molecule has 0 aliphatic carbocycles. The van der Waals surface area contributed by atoms with Crippen molar-refractivity contribution < 1.29 is 14.1 Å². The molecule has 27 heavy (non-hydrogen) atoms. The number of carbonyl (C=O) groups is 1. The highest BCUT2D eigenvalue weighted by atomic mass is 19.1. The van der Waals surface area contributed by atoms with Gasteiger partial charge >= 0.3 is 0 Å². The van der Waals surface area contributed by atoms with Gasteiger partial charge in [0, 0.05) is 18.5 Å². The smallest absolute Gasteiger partial charge is 0.279 e. The van der Waals surface area contributed by atoms with Crippen LogP contribution < -0.4 is 5.32 Å². The van der Waals surface area contributed by atoms with Gasteiger partial charge in [-0.2, -0.15) is 0 Å². The van der Waals surface area contributed by atoms with Crippen molar-refractivity contribution in [2.45, 2.75) is 6.92 Å². The maximum atomic E-state index is 13.1. The summed E-state index contributed by atoms with van der Waals surface area (Å²) in [5, 5.41) is 13.6. The molecule has 3 aromatic rings. The van der Waals surface area contributed by atoms with Crippen LogP contribution >= 0.6 is 0 Å². The minimum atomic E-state index is -0.720. The summed E-state index contributed by atoms with van der Waals surface area (Å²) in [7, 11) is 0. The number of nitrogens with zero attached hydrogens (tertiary/aromatic N) is 4. The van der Waals surface area contributed by atoms with Crippen molar-refractivity contribution in [3.8, 4) is 5.82 Å². The average Bonchev–Trinajstić information content (AvgIpc) is 3.07. The van der Waals surface area contributed by atoms with Gasteiger partial charge in [0.15, 0.2) is 0 Å². The molecular formula is C18H14FN5O3. The summed E-state index contributed by atoms with van der Waals surface area (Å²) in [6.07, 6.45) is 7.30. The van der Waals surface area contributed by atoms with Gasteiger partial charge in [-0.3, -0.25) is 19.5 Å². The Morgan fingerprint density at radius 3 is 2.74 bits per heavy atom. The minimum absolute atomic E-state index is 0.126. The first-order chi connectivity index (χ1) is 12.9. The molecule has 0 unspecified atom stereocenters. The fraction of sp³-hybridized carbons (Fsp3) is 0.0556. The Bertz CT molecular complexity index is 1030. The van der Waals surface area contributed by atoms with Crippen LogP contribution in [0.5, 0.6) is 0 Å². The molecule has 2 heterocycles. The molecule has 0 fully saturated rings. The fourth-order valence-electron chi connectivity index (χ4n) is 2.39. The number of nitro benzene ring substituents is 1. The fourth-order valence-corrected chi connectivity index (χ4v) is 2.39. The Morgan fingerprint density at radius 1 is 1.30 bits per heavy atom. The van der Waals surface area contributed by atoms with E-state index >= 15 is 0 Å². The van der Waals surface area contributed by atoms with Crippen molar-refractivity contribution in [1.82, 2.24) is 14.5 Å². The summed E-state index contributed by atoms with van der Waals surface area (Å²) in [6, 6.07) is 6.53. The lowest BCUT2D eigenvalue weighted by Gasteiger charge is -2.06. The Kier molecular flexibility index (Phi) is 5.02. The van der Waals surface area contributed by atoms with Gasteiger partial charge in [0.05, 0.1) is 28.4 Å². The number of nitro groups is 1. The maximum absolute atomic E-state index is 13.1. The standard InChI is InChI=1S/C18H14FN5O3/c1-12-20-8-9-23(12)17-6-5-15(11-21-17)22-18(25)7-3-13-2-4-14(19)10-16(13)24(26)27/h2-11H,1H3,(H,22,25). The van der Waals surface area contributed by atoms with Crippen LogP contribution in [0, 0.1) is 22.9 Å². The van der Waals surface area contributed by atoms with Crippen molar-refractivity contribution in [2.24, 2.45) is 0 Å². The number of nitrogens with one attached hydrogen (secondary N) is 1. The minimum Gasteiger partial charge on any atom is -0.321 e. The van der Waals surface area contributed by atoms with Crippen LogP contribution in [0.4, 0.5) is 15.8 Å². The van der Waals surface area contributed by atoms with Crippen molar-refractivity contribution >= 4 is 23.4 Å². The van der Waals surface area contributed by atoms with Gasteiger partial charge < -0.3 is 5.32 Å². The zero-order valence-electron chi connectivity index (χ0n) is 14.2. The van der Waals surface area contributed by atoms with Gasteiger partial charge in [-0.15, -0.1) is 0 Å². The second kappa shape index (κ2) is 7.56. The summed E-state index contributed by atoms with van der Waals surface area (Å²) in [6.45, 7) is 1.84. The Hall–Kier alpha value is -3.88. The molecule has 8 nitrogen and oxygen atoms in total. The zero-order chi connectivity index (χ0) is 19.4. The number of rotatable bonds is 5. The van der Waals surface area contributed by atoms with E-state index in [1.54, 1.807) is 29.1 Å². The monoisotopic (exact) mass is 367 g/mol. The van der Waals surface area contributed by atoms with E-state index < -0.39 is 22.3 Å². The molecule has 1 amide bonds. The van der Waals surface area contributed by atoms with Crippen LogP contribution in [0.15, 0.2) is 55.0 Å². The highest BCUT2D eigenvalue weighted by Crippen LogP contribution is 2.21. The van der Waals surface area contributed by atoms with Crippen molar-refractivity contribution in [1.29, 1.82) is 0 Å². The summed E-state index contributed by atoms with van der Waals surface area (Å²) >= 11 is 0. The molecule has 0 aliphatic rings. The maximum Gasteiger partial charge on any atom is 0.279 e. The number of amides is 1. The first-order valence-corrected chi connectivity index (χ1v) is 7.83. The van der Waals surface area contributed by atoms with Gasteiger partial charge in [0.25, 0.3) is 5.69 Å². The molecule has 0 atom stereocenters. The van der Waals surface area contributed by atoms with E-state index in [4.69, 9.17) is 0 Å². The molecule has 0 saturated heterocycles. The average molecular weight is 367 g/mol. The number of anilines is 1. The number of aromatic nitrogens is 3. The van der Waals surface area contributed by atoms with Crippen LogP contribution in [0.1, 0.15) is 11.4 Å². The highest BCUT2D eigenvalue weighted by Gasteiger charge is 2.13. The number of hydrogen-bond acceptors (Lipinski definition) is 5. The predicted octanol–water partition coefficient (Wildman–Crippen LogP) is 3.27. The van der Waals surface area contributed by atoms with Gasteiger partial charge in [-0.25, -0.2) is 14.4 Å². The van der Waals surface area contributed by atoms with Crippen molar-refractivity contribution in [2.75, 3.05) is 5.32 Å². The molecule has 2 aromatic heterocycles. The molecule has 0 saturated carbocycles. The lowest BCUT2D eigenvalue weighted by molar-refractivity contribution is -0.385. The Morgan fingerprint density at radius 2 is 2.11 bits per heavy atom. The number of benzene rings is 1. The molecule has 136 valence electrons. The first-order valence-electron chi connectivity index (χ1n) is 7.83. The Balaban J connectivity index is 1.70. The molecule has 0 spiro atoms. The largest absolute Gasteiger partial charge is 0.321 e. The summed E-state index contributed by atoms with van der Waals surface area (Å²) in [4.78, 5) is 30.6. The van der Waals surface area contributed by atoms with E-state index in [0.717, 1.165) is 24.0 Å². The van der Waals surface area contributed by atoms with Crippen LogP contribution in [-0.2, 0) is 4.79 Å². The van der Waals surface area contributed by atoms with Crippen LogP contribution in [0.25, 0.3) is 11.9 Å². The third-order valence-corrected chi connectivity index (χ3v) is 3.69. The second-order valence-corrected chi connectivity index (χ2v) is 5.53. The number of carbonyl (C=O) groups excluding carboxylic acids is 1. The second-order valence-electron chi connectivity index (χ2n) is 5.53. The summed E-state index contributed by atoms with van der Waals surface area (Å²) in [5.41, 5.74) is 0.168. The molecule has 0 radical (unpaired) electrons. The Labute approximate surface area is 153 Å². The molecule has 0 aliphatic heterocycles. The third kappa shape index (κ3) is 4.21. The van der Waals surface area contributed by atoms with E-state index in [1.807, 2.05) is 6.92 Å². The topological polar surface area (TPSA) is 103 Å². The quantitative estimate of drug-likeness (QED) is 0.423. The molecule has 9 heteroatoms. The number of imidazole rings is 1. The number of hydrogen-bond donors (Lipinski definition) is 1. The van der Waals surface area contributed by atoms with Gasteiger partial charge in [-0.05, 0) is 37.3 Å². The lowest BCUT2D eigenvalue weighted by atomic mass is 10.1. The van der Waals surface area contributed by atoms with E-state index in [0.29, 0.717) is 11.5 Å². The number of halogens is 1. The molecule has 1 aromatic carbocycles. The third-order valence-electron chi connectivity index (χ3n) is 3.69. The van der Waals surface area contributed by atoms with E-state index in [1.165, 1.54) is 18.3 Å². The zero-order valence-corrected chi connectivity index (χ0v) is 14.2. The van der Waals surface area contributed by atoms with Crippen molar-refractivity contribution in [3.63, 3.8) is 0 Å². The molecule has 3 rings (SSSR count). The van der Waals surface area contributed by atoms with Gasteiger partial charge in [0.1, 0.15) is 17.5 Å². The molecule has 1 N–H and O–H groups in total. The molecular weight excluding hydrogens is 353 g/mol. The van der Waals surface area contributed by atoms with Gasteiger partial charge in [0.2, 0.25) is 5.91 Å². The van der Waals surface area contributed by atoms with E-state index in [-0.39, 0.29) is 5.56 Å². The van der Waals surface area contributed by atoms with Gasteiger partial charge in [-0.1, -0.05) is 0 Å². The predicted molar refractivity (Wildman–Crippen MR) is 96.8 cm³/mol. The van der Waals surface area contributed by atoms with E-state index in [2.05, 4.69) is 15.3 Å². The van der Waals surface area contributed by atoms with Crippen molar-refractivity contribution in [3.05, 3.63) is 82.3 Å². The van der Waals surface area contributed by atoms with E-state index in [9.17, 15) is 19.3 Å². The highest BCUT2D eigenvalue weighted by molar-refractivity contribution is 6.02. The van der Waals surface area contributed by atoms with Crippen LogP contribution in [0.2, 0.25) is 0 Å².